The fourth-order valence-electron chi connectivity index (χ4n) is 1.49. The molecule has 0 aliphatic rings. The summed E-state index contributed by atoms with van der Waals surface area (Å²) in [5.41, 5.74) is 6.65. The molecular weight excluding hydrogens is 228 g/mol. The van der Waals surface area contributed by atoms with Gasteiger partial charge in [0, 0.05) is 6.04 Å². The van der Waals surface area contributed by atoms with E-state index in [0.29, 0.717) is 12.3 Å². The van der Waals surface area contributed by atoms with Crippen LogP contribution in [0.15, 0.2) is 24.3 Å². The monoisotopic (exact) mass is 250 g/mol. The second-order valence-corrected chi connectivity index (χ2v) is 4.35. The van der Waals surface area contributed by atoms with Gasteiger partial charge >= 0.3 is 0 Å². The maximum atomic E-state index is 11.5. The molecule has 18 heavy (non-hydrogen) atoms. The van der Waals surface area contributed by atoms with Crippen LogP contribution in [0.5, 0.6) is 5.75 Å². The third-order valence-electron chi connectivity index (χ3n) is 2.75. The molecule has 4 heteroatoms. The van der Waals surface area contributed by atoms with E-state index in [1.807, 2.05) is 38.1 Å². The highest BCUT2D eigenvalue weighted by atomic mass is 16.5. The van der Waals surface area contributed by atoms with Gasteiger partial charge in [-0.25, -0.2) is 0 Å². The first-order valence-corrected chi connectivity index (χ1v) is 6.37. The zero-order chi connectivity index (χ0) is 13.4. The van der Waals surface area contributed by atoms with Gasteiger partial charge in [0.2, 0.25) is 0 Å². The van der Waals surface area contributed by atoms with Crippen molar-refractivity contribution in [1.29, 1.82) is 0 Å². The van der Waals surface area contributed by atoms with Gasteiger partial charge in [0.1, 0.15) is 5.75 Å². The first-order valence-electron chi connectivity index (χ1n) is 6.37. The van der Waals surface area contributed by atoms with E-state index in [1.165, 1.54) is 5.56 Å². The number of amides is 1. The molecule has 1 aromatic rings. The molecule has 0 radical (unpaired) electrons. The van der Waals surface area contributed by atoms with E-state index in [1.54, 1.807) is 0 Å². The van der Waals surface area contributed by atoms with E-state index in [0.717, 1.165) is 12.8 Å². The Hall–Kier alpha value is -1.55. The van der Waals surface area contributed by atoms with E-state index in [4.69, 9.17) is 10.5 Å². The summed E-state index contributed by atoms with van der Waals surface area (Å²) in [4.78, 5) is 11.5. The Morgan fingerprint density at radius 2 is 2.06 bits per heavy atom. The van der Waals surface area contributed by atoms with Crippen molar-refractivity contribution in [3.05, 3.63) is 29.8 Å². The Balaban J connectivity index is 2.36. The summed E-state index contributed by atoms with van der Waals surface area (Å²) in [7, 11) is 0. The standard InChI is InChI=1S/C14H22N2O2/c1-3-11(2)16-14(17)10-18-13-6-4-12(5-7-13)8-9-15/h4-7,11H,3,8-10,15H2,1-2H3,(H,16,17). The molecule has 0 bridgehead atoms. The van der Waals surface area contributed by atoms with Crippen molar-refractivity contribution < 1.29 is 9.53 Å². The predicted molar refractivity (Wildman–Crippen MR) is 72.6 cm³/mol. The molecule has 3 N–H and O–H groups in total. The molecule has 0 aliphatic carbocycles. The third kappa shape index (κ3) is 5.19. The molecular formula is C14H22N2O2. The van der Waals surface area contributed by atoms with Crippen molar-refractivity contribution in [3.8, 4) is 5.75 Å². The smallest absolute Gasteiger partial charge is 0.258 e. The molecule has 0 saturated carbocycles. The number of ether oxygens (including phenoxy) is 1. The minimum Gasteiger partial charge on any atom is -0.484 e. The number of rotatable bonds is 7. The van der Waals surface area contributed by atoms with Gasteiger partial charge in [-0.2, -0.15) is 0 Å². The van der Waals surface area contributed by atoms with Gasteiger partial charge in [0.15, 0.2) is 6.61 Å². The highest BCUT2D eigenvalue weighted by molar-refractivity contribution is 5.77. The molecule has 0 spiro atoms. The molecule has 100 valence electrons. The molecule has 4 nitrogen and oxygen atoms in total. The minimum atomic E-state index is -0.0876. The Morgan fingerprint density at radius 1 is 1.39 bits per heavy atom. The molecule has 1 rings (SSSR count). The number of nitrogens with one attached hydrogen (secondary N) is 1. The molecule has 1 amide bonds. The van der Waals surface area contributed by atoms with Crippen molar-refractivity contribution in [3.63, 3.8) is 0 Å². The Bertz CT molecular complexity index is 363. The summed E-state index contributed by atoms with van der Waals surface area (Å²) in [6, 6.07) is 7.85. The highest BCUT2D eigenvalue weighted by Gasteiger charge is 2.06. The Labute approximate surface area is 109 Å². The van der Waals surface area contributed by atoms with Crippen LogP contribution in [0.3, 0.4) is 0 Å². The van der Waals surface area contributed by atoms with Gasteiger partial charge < -0.3 is 15.8 Å². The van der Waals surface area contributed by atoms with E-state index in [9.17, 15) is 4.79 Å². The summed E-state index contributed by atoms with van der Waals surface area (Å²) in [5.74, 6) is 0.616. The molecule has 0 aromatic heterocycles. The average molecular weight is 250 g/mol. The van der Waals surface area contributed by atoms with Crippen LogP contribution in [-0.2, 0) is 11.2 Å². The first kappa shape index (κ1) is 14.5. The van der Waals surface area contributed by atoms with Crippen LogP contribution in [0.2, 0.25) is 0 Å². The van der Waals surface area contributed by atoms with Gasteiger partial charge in [0.05, 0.1) is 0 Å². The van der Waals surface area contributed by atoms with Crippen molar-refractivity contribution in [1.82, 2.24) is 5.32 Å². The summed E-state index contributed by atoms with van der Waals surface area (Å²) in [6.07, 6.45) is 1.77. The lowest BCUT2D eigenvalue weighted by molar-refractivity contribution is -0.123. The Kier molecular flexibility index (Phi) is 6.22. The number of nitrogens with two attached hydrogens (primary N) is 1. The van der Waals surface area contributed by atoms with Crippen molar-refractivity contribution in [2.75, 3.05) is 13.2 Å². The Morgan fingerprint density at radius 3 is 2.61 bits per heavy atom. The molecule has 1 aromatic carbocycles. The van der Waals surface area contributed by atoms with E-state index in [-0.39, 0.29) is 18.6 Å². The lowest BCUT2D eigenvalue weighted by atomic mass is 10.1. The summed E-state index contributed by atoms with van der Waals surface area (Å²) >= 11 is 0. The zero-order valence-corrected chi connectivity index (χ0v) is 11.1. The molecule has 0 saturated heterocycles. The van der Waals surface area contributed by atoms with Crippen molar-refractivity contribution in [2.45, 2.75) is 32.7 Å². The largest absolute Gasteiger partial charge is 0.484 e. The molecule has 0 heterocycles. The molecule has 1 unspecified atom stereocenters. The van der Waals surface area contributed by atoms with Crippen molar-refractivity contribution in [2.24, 2.45) is 5.73 Å². The van der Waals surface area contributed by atoms with Crippen LogP contribution < -0.4 is 15.8 Å². The van der Waals surface area contributed by atoms with Crippen LogP contribution in [0, 0.1) is 0 Å². The number of carbonyl (C=O) groups is 1. The number of benzene rings is 1. The SMILES string of the molecule is CCC(C)NC(=O)COc1ccc(CCN)cc1. The van der Waals surface area contributed by atoms with Crippen molar-refractivity contribution >= 4 is 5.91 Å². The van der Waals surface area contributed by atoms with E-state index >= 15 is 0 Å². The van der Waals surface area contributed by atoms with Gasteiger partial charge in [-0.15, -0.1) is 0 Å². The maximum absolute atomic E-state index is 11.5. The van der Waals surface area contributed by atoms with Gasteiger partial charge in [-0.1, -0.05) is 19.1 Å². The summed E-state index contributed by atoms with van der Waals surface area (Å²) < 4.78 is 5.40. The normalized spacial score (nSPS) is 11.9. The first-order chi connectivity index (χ1) is 8.65. The fraction of sp³-hybridized carbons (Fsp3) is 0.500. The van der Waals surface area contributed by atoms with Crippen LogP contribution in [0.4, 0.5) is 0 Å². The van der Waals surface area contributed by atoms with Gasteiger partial charge in [0.25, 0.3) is 5.91 Å². The minimum absolute atomic E-state index is 0.0561. The quantitative estimate of drug-likeness (QED) is 0.770. The molecule has 0 aliphatic heterocycles. The fourth-order valence-corrected chi connectivity index (χ4v) is 1.49. The number of carbonyl (C=O) groups excluding carboxylic acids is 1. The lowest BCUT2D eigenvalue weighted by Crippen LogP contribution is -2.35. The number of hydrogen-bond acceptors (Lipinski definition) is 3. The van der Waals surface area contributed by atoms with E-state index < -0.39 is 0 Å². The van der Waals surface area contributed by atoms with Gasteiger partial charge in [-0.05, 0) is 44.0 Å². The van der Waals surface area contributed by atoms with Crippen LogP contribution in [0.25, 0.3) is 0 Å². The third-order valence-corrected chi connectivity index (χ3v) is 2.75. The second-order valence-electron chi connectivity index (χ2n) is 4.35. The topological polar surface area (TPSA) is 64.3 Å². The maximum Gasteiger partial charge on any atom is 0.258 e. The second kappa shape index (κ2) is 7.71. The molecule has 0 fully saturated rings. The van der Waals surface area contributed by atoms with Crippen LogP contribution >= 0.6 is 0 Å². The highest BCUT2D eigenvalue weighted by Crippen LogP contribution is 2.12. The van der Waals surface area contributed by atoms with E-state index in [2.05, 4.69) is 5.32 Å². The number of hydrogen-bond donors (Lipinski definition) is 2. The van der Waals surface area contributed by atoms with Crippen LogP contribution in [-0.4, -0.2) is 25.1 Å². The predicted octanol–water partition coefficient (Wildman–Crippen LogP) is 1.48. The molecule has 1 atom stereocenters. The average Bonchev–Trinajstić information content (AvgIpc) is 2.38. The van der Waals surface area contributed by atoms with Crippen LogP contribution in [0.1, 0.15) is 25.8 Å². The van der Waals surface area contributed by atoms with Gasteiger partial charge in [-0.3, -0.25) is 4.79 Å². The summed E-state index contributed by atoms with van der Waals surface area (Å²) in [6.45, 7) is 4.69. The lowest BCUT2D eigenvalue weighted by Gasteiger charge is -2.12. The zero-order valence-electron chi connectivity index (χ0n) is 11.1. The summed E-state index contributed by atoms with van der Waals surface area (Å²) in [5, 5.41) is 2.85.